The molecule has 0 aliphatic heterocycles. The number of hydrogen-bond acceptors (Lipinski definition) is 4. The van der Waals surface area contributed by atoms with Gasteiger partial charge in [0.2, 0.25) is 0 Å². The Morgan fingerprint density at radius 3 is 2.32 bits per heavy atom. The van der Waals surface area contributed by atoms with E-state index in [2.05, 4.69) is 35.2 Å². The molecule has 0 unspecified atom stereocenters. The van der Waals surface area contributed by atoms with Crippen LogP contribution in [0.15, 0.2) is 18.2 Å². The maximum Gasteiger partial charge on any atom is 0.130 e. The van der Waals surface area contributed by atoms with Crippen LogP contribution in [0.1, 0.15) is 17.0 Å². The number of hydrogen-bond donors (Lipinski definition) is 1. The molecule has 1 N–H and O–H groups in total. The fourth-order valence-electron chi connectivity index (χ4n) is 1.99. The van der Waals surface area contributed by atoms with Gasteiger partial charge in [-0.05, 0) is 44.0 Å². The maximum absolute atomic E-state index is 5.47. The van der Waals surface area contributed by atoms with Crippen LogP contribution in [-0.4, -0.2) is 24.1 Å². The zero-order valence-corrected chi connectivity index (χ0v) is 12.0. The fourth-order valence-corrected chi connectivity index (χ4v) is 1.99. The lowest BCUT2D eigenvalue weighted by Gasteiger charge is -2.12. The van der Waals surface area contributed by atoms with Crippen molar-refractivity contribution in [3.63, 3.8) is 0 Å². The highest BCUT2D eigenvalue weighted by Gasteiger charge is 2.11. The molecule has 2 rings (SSSR count). The topological polar surface area (TPSA) is 47.0 Å². The number of nitrogens with zero attached hydrogens (tertiary/aromatic N) is 2. The largest absolute Gasteiger partial charge is 0.496 e. The first kappa shape index (κ1) is 13.3. The summed E-state index contributed by atoms with van der Waals surface area (Å²) in [4.78, 5) is 8.81. The van der Waals surface area contributed by atoms with Crippen molar-refractivity contribution in [1.82, 2.24) is 9.97 Å². The first-order valence-electron chi connectivity index (χ1n) is 6.24. The number of nitrogens with one attached hydrogen (secondary N) is 1. The molecule has 100 valence electrons. The maximum atomic E-state index is 5.47. The summed E-state index contributed by atoms with van der Waals surface area (Å²) < 4.78 is 5.47. The summed E-state index contributed by atoms with van der Waals surface area (Å²) in [5.74, 6) is 2.38. The van der Waals surface area contributed by atoms with E-state index in [4.69, 9.17) is 4.74 Å². The third kappa shape index (κ3) is 2.67. The summed E-state index contributed by atoms with van der Waals surface area (Å²) in [6.45, 7) is 6.05. The number of methoxy groups -OCH3 is 1. The van der Waals surface area contributed by atoms with Crippen molar-refractivity contribution in [3.8, 4) is 17.0 Å². The number of aromatic nitrogens is 2. The molecule has 0 saturated carbocycles. The molecule has 19 heavy (non-hydrogen) atoms. The van der Waals surface area contributed by atoms with Gasteiger partial charge >= 0.3 is 0 Å². The quantitative estimate of drug-likeness (QED) is 0.917. The third-order valence-electron chi connectivity index (χ3n) is 3.19. The molecule has 4 heteroatoms. The van der Waals surface area contributed by atoms with Crippen LogP contribution in [0.2, 0.25) is 0 Å². The van der Waals surface area contributed by atoms with Crippen LogP contribution < -0.4 is 10.1 Å². The number of ether oxygens (including phenoxy) is 1. The molecule has 0 bridgehead atoms. The molecule has 0 aliphatic rings. The lowest BCUT2D eigenvalue weighted by atomic mass is 10.0. The van der Waals surface area contributed by atoms with Crippen LogP contribution in [0.3, 0.4) is 0 Å². The normalized spacial score (nSPS) is 10.4. The Labute approximate surface area is 113 Å². The summed E-state index contributed by atoms with van der Waals surface area (Å²) in [5, 5.41) is 3.05. The molecule has 0 spiro atoms. The van der Waals surface area contributed by atoms with Gasteiger partial charge < -0.3 is 10.1 Å². The molecular weight excluding hydrogens is 238 g/mol. The minimum absolute atomic E-state index is 0.738. The minimum atomic E-state index is 0.738. The summed E-state index contributed by atoms with van der Waals surface area (Å²) in [6.07, 6.45) is 0. The van der Waals surface area contributed by atoms with Gasteiger partial charge in [0.25, 0.3) is 0 Å². The average molecular weight is 257 g/mol. The van der Waals surface area contributed by atoms with Crippen LogP contribution in [-0.2, 0) is 0 Å². The minimum Gasteiger partial charge on any atom is -0.496 e. The predicted molar refractivity (Wildman–Crippen MR) is 77.8 cm³/mol. The third-order valence-corrected chi connectivity index (χ3v) is 3.19. The highest BCUT2D eigenvalue weighted by molar-refractivity contribution is 5.71. The number of rotatable bonds is 3. The van der Waals surface area contributed by atoms with Gasteiger partial charge in [0.1, 0.15) is 17.4 Å². The van der Waals surface area contributed by atoms with Crippen molar-refractivity contribution >= 4 is 5.82 Å². The van der Waals surface area contributed by atoms with Crippen LogP contribution >= 0.6 is 0 Å². The number of benzene rings is 1. The van der Waals surface area contributed by atoms with E-state index in [0.717, 1.165) is 28.6 Å². The van der Waals surface area contributed by atoms with Crippen LogP contribution in [0, 0.1) is 20.8 Å². The molecule has 0 saturated heterocycles. The van der Waals surface area contributed by atoms with Gasteiger partial charge in [0, 0.05) is 18.7 Å². The van der Waals surface area contributed by atoms with Crippen molar-refractivity contribution in [3.05, 3.63) is 35.2 Å². The van der Waals surface area contributed by atoms with Gasteiger partial charge in [-0.3, -0.25) is 0 Å². The predicted octanol–water partition coefficient (Wildman–Crippen LogP) is 3.12. The Morgan fingerprint density at radius 2 is 1.68 bits per heavy atom. The highest BCUT2D eigenvalue weighted by Crippen LogP contribution is 2.32. The van der Waals surface area contributed by atoms with E-state index < -0.39 is 0 Å². The average Bonchev–Trinajstić information content (AvgIpc) is 2.40. The molecule has 4 nitrogen and oxygen atoms in total. The summed E-state index contributed by atoms with van der Waals surface area (Å²) >= 11 is 0. The van der Waals surface area contributed by atoms with Crippen molar-refractivity contribution < 1.29 is 4.74 Å². The van der Waals surface area contributed by atoms with E-state index in [0.29, 0.717) is 0 Å². The van der Waals surface area contributed by atoms with Gasteiger partial charge in [-0.25, -0.2) is 9.97 Å². The van der Waals surface area contributed by atoms with Gasteiger partial charge in [0.15, 0.2) is 0 Å². The lowest BCUT2D eigenvalue weighted by molar-refractivity contribution is 0.416. The van der Waals surface area contributed by atoms with Crippen LogP contribution in [0.4, 0.5) is 5.82 Å². The fraction of sp³-hybridized carbons (Fsp3) is 0.333. The van der Waals surface area contributed by atoms with Crippen LogP contribution in [0.5, 0.6) is 5.75 Å². The number of anilines is 1. The Morgan fingerprint density at radius 1 is 1.00 bits per heavy atom. The van der Waals surface area contributed by atoms with E-state index >= 15 is 0 Å². The van der Waals surface area contributed by atoms with Gasteiger partial charge in [-0.1, -0.05) is 0 Å². The summed E-state index contributed by atoms with van der Waals surface area (Å²) in [5.41, 5.74) is 4.29. The molecule has 0 amide bonds. The van der Waals surface area contributed by atoms with Crippen molar-refractivity contribution in [2.75, 3.05) is 19.5 Å². The van der Waals surface area contributed by atoms with Gasteiger partial charge in [-0.2, -0.15) is 0 Å². The van der Waals surface area contributed by atoms with E-state index in [9.17, 15) is 0 Å². The Hall–Kier alpha value is -2.10. The van der Waals surface area contributed by atoms with Crippen molar-refractivity contribution in [2.45, 2.75) is 20.8 Å². The lowest BCUT2D eigenvalue weighted by Crippen LogP contribution is -2.00. The number of aryl methyl sites for hydroxylation is 3. The second-order valence-corrected chi connectivity index (χ2v) is 4.57. The van der Waals surface area contributed by atoms with Gasteiger partial charge in [0.05, 0.1) is 12.8 Å². The first-order valence-corrected chi connectivity index (χ1v) is 6.24. The zero-order valence-electron chi connectivity index (χ0n) is 12.0. The molecule has 0 radical (unpaired) electrons. The molecule has 1 aromatic heterocycles. The van der Waals surface area contributed by atoms with Crippen molar-refractivity contribution in [2.24, 2.45) is 0 Å². The smallest absolute Gasteiger partial charge is 0.130 e. The zero-order chi connectivity index (χ0) is 14.0. The molecule has 0 aliphatic carbocycles. The summed E-state index contributed by atoms with van der Waals surface area (Å²) in [7, 11) is 3.53. The summed E-state index contributed by atoms with van der Waals surface area (Å²) in [6, 6.07) is 6.08. The van der Waals surface area contributed by atoms with Crippen molar-refractivity contribution in [1.29, 1.82) is 0 Å². The van der Waals surface area contributed by atoms with E-state index in [1.165, 1.54) is 11.1 Å². The van der Waals surface area contributed by atoms with Gasteiger partial charge in [-0.15, -0.1) is 0 Å². The first-order chi connectivity index (χ1) is 9.05. The SMILES string of the molecule is CNc1cc(-c2cc(C)c(C)cc2OC)nc(C)n1. The van der Waals surface area contributed by atoms with E-state index in [1.54, 1.807) is 7.11 Å². The molecule has 2 aromatic rings. The Balaban J connectivity index is 2.63. The van der Waals surface area contributed by atoms with Crippen LogP contribution in [0.25, 0.3) is 11.3 Å². The monoisotopic (exact) mass is 257 g/mol. The Kier molecular flexibility index (Phi) is 3.69. The molecule has 1 heterocycles. The Bertz CT molecular complexity index is 609. The van der Waals surface area contributed by atoms with E-state index in [-0.39, 0.29) is 0 Å². The highest BCUT2D eigenvalue weighted by atomic mass is 16.5. The molecular formula is C15H19N3O. The standard InChI is InChI=1S/C15H19N3O/c1-9-6-12(14(19-5)7-10(9)2)13-8-15(16-4)18-11(3)17-13/h6-8H,1-5H3,(H,16,17,18). The molecule has 0 fully saturated rings. The molecule has 0 atom stereocenters. The molecule has 1 aromatic carbocycles. The second kappa shape index (κ2) is 5.26. The second-order valence-electron chi connectivity index (χ2n) is 4.57. The van der Waals surface area contributed by atoms with E-state index in [1.807, 2.05) is 26.1 Å².